The third kappa shape index (κ3) is 3.22. The molecule has 0 aliphatic heterocycles. The van der Waals surface area contributed by atoms with E-state index in [1.807, 2.05) is 31.2 Å². The lowest BCUT2D eigenvalue weighted by Gasteiger charge is -2.13. The van der Waals surface area contributed by atoms with Crippen LogP contribution in [0, 0.1) is 10.1 Å². The fraction of sp³-hybridized carbons (Fsp3) is 0.500. The van der Waals surface area contributed by atoms with Gasteiger partial charge in [-0.05, 0) is 30.5 Å². The normalized spacial score (nSPS) is 10.1. The van der Waals surface area contributed by atoms with Gasteiger partial charge in [0.25, 0.3) is 0 Å². The highest BCUT2D eigenvalue weighted by Crippen LogP contribution is 2.16. The van der Waals surface area contributed by atoms with Crippen LogP contribution in [0.4, 0.5) is 5.69 Å². The summed E-state index contributed by atoms with van der Waals surface area (Å²) in [6, 6.07) is 7.57. The Morgan fingerprint density at radius 3 is 2.25 bits per heavy atom. The number of hydrogen-bond donors (Lipinski definition) is 0. The molecule has 0 unspecified atom stereocenters. The van der Waals surface area contributed by atoms with E-state index in [0.29, 0.717) is 12.2 Å². The van der Waals surface area contributed by atoms with Crippen molar-refractivity contribution in [2.24, 2.45) is 0 Å². The van der Waals surface area contributed by atoms with Crippen LogP contribution >= 0.6 is 0 Å². The third-order valence-electron chi connectivity index (χ3n) is 2.41. The lowest BCUT2D eigenvalue weighted by atomic mass is 10.1. The molecule has 4 nitrogen and oxygen atoms in total. The van der Waals surface area contributed by atoms with E-state index < -0.39 is 0 Å². The lowest BCUT2D eigenvalue weighted by Crippen LogP contribution is -2.30. The zero-order valence-corrected chi connectivity index (χ0v) is 9.85. The molecular weight excluding hydrogens is 204 g/mol. The minimum Gasteiger partial charge on any atom is -0.234 e. The third-order valence-corrected chi connectivity index (χ3v) is 2.41. The first-order valence-corrected chi connectivity index (χ1v) is 5.69. The van der Waals surface area contributed by atoms with Gasteiger partial charge in [0.05, 0.1) is 6.54 Å². The number of hydrogen-bond acceptors (Lipinski definition) is 2. The molecule has 0 fully saturated rings. The number of benzene rings is 1. The summed E-state index contributed by atoms with van der Waals surface area (Å²) in [5.41, 5.74) is 1.89. The average molecular weight is 222 g/mol. The molecule has 0 aromatic heterocycles. The Kier molecular flexibility index (Phi) is 4.76. The van der Waals surface area contributed by atoms with Crippen LogP contribution in [0.15, 0.2) is 24.3 Å². The van der Waals surface area contributed by atoms with Crippen LogP contribution in [0.3, 0.4) is 0 Å². The van der Waals surface area contributed by atoms with Crippen LogP contribution in [0.5, 0.6) is 0 Å². The van der Waals surface area contributed by atoms with E-state index in [0.717, 1.165) is 19.3 Å². The number of anilines is 1. The minimum atomic E-state index is -0.349. The van der Waals surface area contributed by atoms with Gasteiger partial charge in [-0.15, -0.1) is 0 Å². The van der Waals surface area contributed by atoms with Crippen LogP contribution in [0.1, 0.15) is 32.3 Å². The maximum absolute atomic E-state index is 10.8. The summed E-state index contributed by atoms with van der Waals surface area (Å²) in [6.45, 7) is 4.50. The predicted octanol–water partition coefficient (Wildman–Crippen LogP) is 3.05. The number of aryl methyl sites for hydroxylation is 1. The van der Waals surface area contributed by atoms with E-state index in [1.54, 1.807) is 0 Å². The van der Waals surface area contributed by atoms with Crippen molar-refractivity contribution in [3.05, 3.63) is 39.9 Å². The molecule has 1 rings (SSSR count). The van der Waals surface area contributed by atoms with Crippen molar-refractivity contribution >= 4 is 5.69 Å². The molecule has 88 valence electrons. The number of rotatable bonds is 6. The molecule has 0 saturated carbocycles. The first-order valence-electron chi connectivity index (χ1n) is 5.69. The van der Waals surface area contributed by atoms with Crippen LogP contribution in [-0.4, -0.2) is 11.6 Å². The molecule has 4 heteroatoms. The van der Waals surface area contributed by atoms with Crippen molar-refractivity contribution in [1.82, 2.24) is 0 Å². The molecule has 0 saturated heterocycles. The largest absolute Gasteiger partial charge is 0.234 e. The highest BCUT2D eigenvalue weighted by atomic mass is 16.7. The van der Waals surface area contributed by atoms with E-state index in [2.05, 4.69) is 6.92 Å². The standard InChI is InChI=1S/C12H18N2O2/c1-3-5-11-6-8-12(9-7-11)13(10-4-2)14(15)16/h6-9H,3-5,10H2,1-2H3. The lowest BCUT2D eigenvalue weighted by molar-refractivity contribution is -0.494. The van der Waals surface area contributed by atoms with Crippen molar-refractivity contribution in [2.45, 2.75) is 33.1 Å². The van der Waals surface area contributed by atoms with Gasteiger partial charge in [0, 0.05) is 0 Å². The predicted molar refractivity (Wildman–Crippen MR) is 65.1 cm³/mol. The van der Waals surface area contributed by atoms with E-state index in [1.165, 1.54) is 10.6 Å². The summed E-state index contributed by atoms with van der Waals surface area (Å²) in [5.74, 6) is 0. The Labute approximate surface area is 96.0 Å². The fourth-order valence-electron chi connectivity index (χ4n) is 1.64. The van der Waals surface area contributed by atoms with Gasteiger partial charge in [-0.2, -0.15) is 0 Å². The molecule has 1 aromatic carbocycles. The Bertz CT molecular complexity index is 335. The summed E-state index contributed by atoms with van der Waals surface area (Å²) in [4.78, 5) is 10.8. The van der Waals surface area contributed by atoms with Gasteiger partial charge < -0.3 is 0 Å². The molecule has 0 amide bonds. The molecule has 0 aliphatic carbocycles. The van der Waals surface area contributed by atoms with Crippen LogP contribution in [0.2, 0.25) is 0 Å². The Balaban J connectivity index is 2.81. The molecule has 0 heterocycles. The first kappa shape index (κ1) is 12.5. The SMILES string of the molecule is CCCc1ccc(N(CCC)[N+](=O)[O-])cc1. The van der Waals surface area contributed by atoms with E-state index >= 15 is 0 Å². The molecule has 0 radical (unpaired) electrons. The molecule has 0 N–H and O–H groups in total. The van der Waals surface area contributed by atoms with E-state index in [4.69, 9.17) is 0 Å². The maximum atomic E-state index is 10.8. The maximum Gasteiger partial charge on any atom is 0.165 e. The Morgan fingerprint density at radius 1 is 1.19 bits per heavy atom. The fourth-order valence-corrected chi connectivity index (χ4v) is 1.64. The smallest absolute Gasteiger partial charge is 0.165 e. The first-order chi connectivity index (χ1) is 7.69. The molecule has 0 aliphatic rings. The van der Waals surface area contributed by atoms with Crippen molar-refractivity contribution < 1.29 is 5.03 Å². The second kappa shape index (κ2) is 6.10. The summed E-state index contributed by atoms with van der Waals surface area (Å²) in [5, 5.41) is 11.7. The minimum absolute atomic E-state index is 0.349. The topological polar surface area (TPSA) is 46.4 Å². The van der Waals surface area contributed by atoms with Gasteiger partial charge >= 0.3 is 0 Å². The van der Waals surface area contributed by atoms with Crippen molar-refractivity contribution in [3.63, 3.8) is 0 Å². The molecule has 16 heavy (non-hydrogen) atoms. The average Bonchev–Trinajstić information content (AvgIpc) is 2.27. The highest BCUT2D eigenvalue weighted by Gasteiger charge is 2.15. The molecule has 0 atom stereocenters. The van der Waals surface area contributed by atoms with Crippen LogP contribution < -0.4 is 5.01 Å². The summed E-state index contributed by atoms with van der Waals surface area (Å²) >= 11 is 0. The van der Waals surface area contributed by atoms with Crippen molar-refractivity contribution in [2.75, 3.05) is 11.6 Å². The second-order valence-corrected chi connectivity index (χ2v) is 3.78. The zero-order valence-electron chi connectivity index (χ0n) is 9.85. The van der Waals surface area contributed by atoms with Crippen molar-refractivity contribution in [3.8, 4) is 0 Å². The van der Waals surface area contributed by atoms with Crippen LogP contribution in [0.25, 0.3) is 0 Å². The monoisotopic (exact) mass is 222 g/mol. The summed E-state index contributed by atoms with van der Waals surface area (Å²) in [6.07, 6.45) is 2.87. The number of nitrogens with zero attached hydrogens (tertiary/aromatic N) is 2. The number of nitro groups is 1. The van der Waals surface area contributed by atoms with Gasteiger partial charge in [-0.3, -0.25) is 0 Å². The quantitative estimate of drug-likeness (QED) is 0.549. The van der Waals surface area contributed by atoms with Crippen molar-refractivity contribution in [1.29, 1.82) is 0 Å². The molecule has 1 aromatic rings. The zero-order chi connectivity index (χ0) is 12.0. The number of hydrazine groups is 1. The van der Waals surface area contributed by atoms with Gasteiger partial charge in [0.1, 0.15) is 5.69 Å². The van der Waals surface area contributed by atoms with Gasteiger partial charge in [0.2, 0.25) is 0 Å². The molecular formula is C12H18N2O2. The van der Waals surface area contributed by atoms with Gasteiger partial charge in [-0.25, -0.2) is 10.1 Å². The Hall–Kier alpha value is -1.58. The van der Waals surface area contributed by atoms with E-state index in [9.17, 15) is 10.1 Å². The van der Waals surface area contributed by atoms with Gasteiger partial charge in [-0.1, -0.05) is 37.4 Å². The van der Waals surface area contributed by atoms with E-state index in [-0.39, 0.29) is 5.03 Å². The second-order valence-electron chi connectivity index (χ2n) is 3.78. The Morgan fingerprint density at radius 2 is 1.81 bits per heavy atom. The van der Waals surface area contributed by atoms with Gasteiger partial charge in [0.15, 0.2) is 5.03 Å². The summed E-state index contributed by atoms with van der Waals surface area (Å²) < 4.78 is 0. The molecule has 0 bridgehead atoms. The van der Waals surface area contributed by atoms with Crippen LogP contribution in [-0.2, 0) is 6.42 Å². The summed E-state index contributed by atoms with van der Waals surface area (Å²) in [7, 11) is 0. The molecule has 0 spiro atoms. The highest BCUT2D eigenvalue weighted by molar-refractivity contribution is 5.44.